The lowest BCUT2D eigenvalue weighted by molar-refractivity contribution is 0.227. The Morgan fingerprint density at radius 3 is 2.40 bits per heavy atom. The maximum atomic E-state index is 9.94. The molecule has 4 rings (SSSR count). The van der Waals surface area contributed by atoms with Gasteiger partial charge in [-0.05, 0) is 93.2 Å². The number of nitrogens with two attached hydrogens (primary N) is 1. The maximum Gasteiger partial charge on any atom is 0.147 e. The molecule has 8 heteroatoms. The number of unbranched alkanes of at least 4 members (excludes halogenated alkanes) is 4. The third kappa shape index (κ3) is 11.2. The summed E-state index contributed by atoms with van der Waals surface area (Å²) in [5.74, 6) is 3.46. The number of hydrogen-bond acceptors (Lipinski definition) is 8. The number of hydrogen-bond donors (Lipinski definition) is 1. The van der Waals surface area contributed by atoms with Crippen LogP contribution in [-0.4, -0.2) is 23.0 Å². The molecule has 3 atom stereocenters. The molecular weight excluding hydrogens is 675 g/mol. The molecule has 0 aliphatic heterocycles. The van der Waals surface area contributed by atoms with Crippen LogP contribution in [0, 0.1) is 29.1 Å². The van der Waals surface area contributed by atoms with Crippen LogP contribution in [0.1, 0.15) is 163 Å². The number of rotatable bonds is 22. The van der Waals surface area contributed by atoms with Crippen LogP contribution in [0.4, 0.5) is 5.00 Å². The van der Waals surface area contributed by atoms with Crippen LogP contribution in [0.3, 0.4) is 0 Å². The van der Waals surface area contributed by atoms with Gasteiger partial charge in [0.1, 0.15) is 16.8 Å². The van der Waals surface area contributed by atoms with E-state index in [0.29, 0.717) is 16.5 Å². The molecule has 288 valence electrons. The Labute approximate surface area is 324 Å². The fourth-order valence-corrected chi connectivity index (χ4v) is 9.65. The van der Waals surface area contributed by atoms with E-state index in [4.69, 9.17) is 25.0 Å². The molecular formula is C45H65N5O2S. The predicted octanol–water partition coefficient (Wildman–Crippen LogP) is 12.2. The van der Waals surface area contributed by atoms with E-state index in [1.165, 1.54) is 49.8 Å². The third-order valence-electron chi connectivity index (χ3n) is 11.2. The van der Waals surface area contributed by atoms with Gasteiger partial charge >= 0.3 is 0 Å². The van der Waals surface area contributed by atoms with Crippen molar-refractivity contribution in [2.75, 3.05) is 12.8 Å². The Hall–Kier alpha value is -3.70. The molecule has 7 nitrogen and oxygen atoms in total. The number of methoxy groups -OCH3 is 1. The number of aromatic nitrogens is 2. The smallest absolute Gasteiger partial charge is 0.147 e. The fourth-order valence-electron chi connectivity index (χ4n) is 8.46. The first-order valence-electron chi connectivity index (χ1n) is 20.1. The minimum atomic E-state index is -0.311. The molecule has 1 aliphatic rings. The maximum absolute atomic E-state index is 9.94. The second-order valence-corrected chi connectivity index (χ2v) is 17.3. The van der Waals surface area contributed by atoms with Crippen molar-refractivity contribution >= 4 is 27.7 Å². The lowest BCUT2D eigenvalue weighted by Gasteiger charge is -2.35. The topological polar surface area (TPSA) is 110 Å². The van der Waals surface area contributed by atoms with Crippen molar-refractivity contribution in [1.29, 1.82) is 5.26 Å². The molecule has 0 bridgehead atoms. The lowest BCUT2D eigenvalue weighted by atomic mass is 9.68. The summed E-state index contributed by atoms with van der Waals surface area (Å²) in [6.45, 7) is 21.9. The molecule has 0 spiro atoms. The average Bonchev–Trinajstić information content (AvgIpc) is 3.73. The van der Waals surface area contributed by atoms with E-state index in [0.717, 1.165) is 109 Å². The number of nitrogen functional groups attached to an aromatic ring is 1. The van der Waals surface area contributed by atoms with Gasteiger partial charge in [0, 0.05) is 39.5 Å². The molecule has 0 saturated carbocycles. The number of aryl methyl sites for hydroxylation is 3. The highest BCUT2D eigenvalue weighted by Crippen LogP contribution is 2.47. The Morgan fingerprint density at radius 2 is 1.77 bits per heavy atom. The number of nitriles is 1. The van der Waals surface area contributed by atoms with Gasteiger partial charge in [-0.25, -0.2) is 0 Å². The zero-order valence-electron chi connectivity index (χ0n) is 33.7. The first-order valence-corrected chi connectivity index (χ1v) is 21.0. The summed E-state index contributed by atoms with van der Waals surface area (Å²) in [6.07, 6.45) is 18.7. The van der Waals surface area contributed by atoms with Gasteiger partial charge in [0.15, 0.2) is 0 Å². The monoisotopic (exact) mass is 739 g/mol. The van der Waals surface area contributed by atoms with Gasteiger partial charge < -0.3 is 15.0 Å². The summed E-state index contributed by atoms with van der Waals surface area (Å²) in [7, 11) is 1.67. The summed E-state index contributed by atoms with van der Waals surface area (Å²) in [6, 6.07) is 8.67. The molecule has 53 heavy (non-hydrogen) atoms. The van der Waals surface area contributed by atoms with Crippen molar-refractivity contribution in [3.8, 4) is 6.07 Å². The number of allylic oxidation sites excluding steroid dienone is 1. The van der Waals surface area contributed by atoms with E-state index >= 15 is 0 Å². The van der Waals surface area contributed by atoms with E-state index in [-0.39, 0.29) is 11.3 Å². The van der Waals surface area contributed by atoms with Crippen molar-refractivity contribution in [1.82, 2.24) is 10.1 Å². The van der Waals surface area contributed by atoms with E-state index in [1.807, 2.05) is 12.3 Å². The van der Waals surface area contributed by atoms with Crippen LogP contribution in [0.2, 0.25) is 0 Å². The second kappa shape index (κ2) is 20.1. The molecule has 0 radical (unpaired) electrons. The van der Waals surface area contributed by atoms with Gasteiger partial charge in [-0.2, -0.15) is 5.26 Å². The number of pyridine rings is 1. The molecule has 0 saturated heterocycles. The Morgan fingerprint density at radius 1 is 1.08 bits per heavy atom. The lowest BCUT2D eigenvalue weighted by Crippen LogP contribution is -2.36. The summed E-state index contributed by atoms with van der Waals surface area (Å²) >= 11 is 1.57. The molecule has 3 heterocycles. The predicted molar refractivity (Wildman–Crippen MR) is 222 cm³/mol. The zero-order valence-corrected chi connectivity index (χ0v) is 34.5. The molecule has 3 aromatic heterocycles. The third-order valence-corrected chi connectivity index (χ3v) is 12.3. The van der Waals surface area contributed by atoms with Gasteiger partial charge in [-0.1, -0.05) is 98.4 Å². The Bertz CT molecular complexity index is 1730. The molecule has 0 fully saturated rings. The quantitative estimate of drug-likeness (QED) is 0.0624. The number of ether oxygens (including phenoxy) is 1. The van der Waals surface area contributed by atoms with Crippen LogP contribution in [-0.2, 0) is 29.4 Å². The van der Waals surface area contributed by atoms with Crippen LogP contribution < -0.4 is 5.73 Å². The number of aliphatic imine (C=N–C) groups is 1. The second-order valence-electron chi connectivity index (χ2n) is 16.1. The van der Waals surface area contributed by atoms with Crippen molar-refractivity contribution in [3.63, 3.8) is 0 Å². The summed E-state index contributed by atoms with van der Waals surface area (Å²) in [5, 5.41) is 14.9. The van der Waals surface area contributed by atoms with Gasteiger partial charge in [0.05, 0.1) is 35.7 Å². The highest BCUT2D eigenvalue weighted by Gasteiger charge is 2.40. The minimum Gasteiger partial charge on any atom is -0.501 e. The highest BCUT2D eigenvalue weighted by atomic mass is 32.1. The standard InChI is InChI=1S/C45H65N5O2S/c1-10-41(45(8)24-17-22-40-43(45)38(29-46)44(47)53-40)49-32(6)35-23-25-48-36(27-35)20-15-11-13-18-34(26-30(2)3)19-14-12-16-21-37-28-39(52-50-37)42(31(4)5)33(7)51-9/h23,25,27-28,30-31,34,42H,6-7,10-22,24,26,47H2,1-5,8-9H3/t34?,42?,45-/m1/s1. The summed E-state index contributed by atoms with van der Waals surface area (Å²) < 4.78 is 11.1. The SMILES string of the molecule is C=C(N=C(CC)[C@@]1(C)CCCc2sc(N)c(C#N)c21)c1ccnc(CCCCCC(CCCCCc2cc(C(C(=C)OC)C(C)C)on2)CC(C)C)c1. The van der Waals surface area contributed by atoms with Gasteiger partial charge in [0.2, 0.25) is 0 Å². The van der Waals surface area contributed by atoms with Crippen molar-refractivity contribution < 1.29 is 9.26 Å². The number of nitrogens with zero attached hydrogens (tertiary/aromatic N) is 4. The van der Waals surface area contributed by atoms with Crippen molar-refractivity contribution in [3.05, 3.63) is 82.0 Å². The Balaban J connectivity index is 1.23. The van der Waals surface area contributed by atoms with Crippen molar-refractivity contribution in [2.24, 2.45) is 22.7 Å². The van der Waals surface area contributed by atoms with E-state index in [9.17, 15) is 5.26 Å². The molecule has 1 aliphatic carbocycles. The molecule has 2 N–H and O–H groups in total. The Kier molecular flexibility index (Phi) is 16.0. The van der Waals surface area contributed by atoms with Gasteiger partial charge in [-0.15, -0.1) is 11.3 Å². The molecule has 0 amide bonds. The van der Waals surface area contributed by atoms with E-state index in [2.05, 4.69) is 78.1 Å². The highest BCUT2D eigenvalue weighted by molar-refractivity contribution is 7.16. The number of anilines is 1. The first kappa shape index (κ1) is 42.0. The van der Waals surface area contributed by atoms with Crippen LogP contribution >= 0.6 is 11.3 Å². The minimum absolute atomic E-state index is 0.0337. The number of fused-ring (bicyclic) bond motifs is 1. The average molecular weight is 740 g/mol. The molecule has 0 aromatic carbocycles. The molecule has 3 aromatic rings. The van der Waals surface area contributed by atoms with Crippen LogP contribution in [0.5, 0.6) is 0 Å². The van der Waals surface area contributed by atoms with Crippen LogP contribution in [0.15, 0.2) is 52.8 Å². The first-order chi connectivity index (χ1) is 25.4. The van der Waals surface area contributed by atoms with Gasteiger partial charge in [-0.3, -0.25) is 9.98 Å². The van der Waals surface area contributed by atoms with Crippen molar-refractivity contribution in [2.45, 2.75) is 149 Å². The zero-order chi connectivity index (χ0) is 38.5. The van der Waals surface area contributed by atoms with E-state index < -0.39 is 0 Å². The summed E-state index contributed by atoms with van der Waals surface area (Å²) in [4.78, 5) is 11.1. The fraction of sp³-hybridized carbons (Fsp3) is 0.600. The van der Waals surface area contributed by atoms with Crippen LogP contribution in [0.25, 0.3) is 5.70 Å². The molecule has 2 unspecified atom stereocenters. The van der Waals surface area contributed by atoms with Gasteiger partial charge in [0.25, 0.3) is 0 Å². The largest absolute Gasteiger partial charge is 0.501 e. The summed E-state index contributed by atoms with van der Waals surface area (Å²) in [5.41, 5.74) is 12.7. The number of thiophene rings is 1. The normalized spacial score (nSPS) is 17.1. The van der Waals surface area contributed by atoms with E-state index in [1.54, 1.807) is 18.4 Å².